The van der Waals surface area contributed by atoms with Crippen LogP contribution in [0.15, 0.2) is 60.9 Å². The minimum atomic E-state index is -0.316. The lowest BCUT2D eigenvalue weighted by Gasteiger charge is -2.21. The van der Waals surface area contributed by atoms with Crippen LogP contribution in [-0.2, 0) is 0 Å². The highest BCUT2D eigenvalue weighted by Crippen LogP contribution is 2.18. The van der Waals surface area contributed by atoms with Gasteiger partial charge in [-0.3, -0.25) is 4.79 Å². The fourth-order valence-electron chi connectivity index (χ4n) is 2.72. The Morgan fingerprint density at radius 2 is 1.50 bits per heavy atom. The Morgan fingerprint density at radius 3 is 2.07 bits per heavy atom. The number of nitrogens with one attached hydrogen (secondary N) is 2. The molecule has 1 aromatic heterocycles. The summed E-state index contributed by atoms with van der Waals surface area (Å²) in [5.41, 5.74) is 2.82. The minimum Gasteiger partial charge on any atom is -0.372 e. The van der Waals surface area contributed by atoms with Crippen LogP contribution in [0.3, 0.4) is 0 Å². The second kappa shape index (κ2) is 8.94. The van der Waals surface area contributed by atoms with Gasteiger partial charge < -0.3 is 15.5 Å². The normalized spacial score (nSPS) is 10.4. The molecule has 3 rings (SSSR count). The lowest BCUT2D eigenvalue weighted by atomic mass is 10.2. The van der Waals surface area contributed by atoms with E-state index in [1.54, 1.807) is 12.1 Å². The SMILES string of the molecule is CCN(CC)c1ccc(NC(=O)c2cnc(Nc3ccc(F)cc3)nc2)cc1. The smallest absolute Gasteiger partial charge is 0.258 e. The molecule has 0 unspecified atom stereocenters. The van der Waals surface area contributed by atoms with E-state index in [2.05, 4.69) is 39.3 Å². The van der Waals surface area contributed by atoms with Crippen LogP contribution in [0.5, 0.6) is 0 Å². The number of hydrogen-bond donors (Lipinski definition) is 2. The van der Waals surface area contributed by atoms with Gasteiger partial charge in [0.25, 0.3) is 5.91 Å². The van der Waals surface area contributed by atoms with E-state index in [-0.39, 0.29) is 11.7 Å². The van der Waals surface area contributed by atoms with E-state index in [0.29, 0.717) is 22.9 Å². The molecule has 0 fully saturated rings. The summed E-state index contributed by atoms with van der Waals surface area (Å²) in [6.45, 7) is 6.07. The molecule has 6 nitrogen and oxygen atoms in total. The molecule has 1 heterocycles. The summed E-state index contributed by atoms with van der Waals surface area (Å²) < 4.78 is 12.9. The molecule has 0 atom stereocenters. The summed E-state index contributed by atoms with van der Waals surface area (Å²) in [7, 11) is 0. The molecule has 0 spiro atoms. The Hall–Kier alpha value is -3.48. The zero-order chi connectivity index (χ0) is 19.9. The first-order valence-corrected chi connectivity index (χ1v) is 9.10. The highest BCUT2D eigenvalue weighted by Gasteiger charge is 2.09. The summed E-state index contributed by atoms with van der Waals surface area (Å²) >= 11 is 0. The molecule has 0 radical (unpaired) electrons. The summed E-state index contributed by atoms with van der Waals surface area (Å²) in [4.78, 5) is 22.9. The Kier molecular flexibility index (Phi) is 6.16. The predicted molar refractivity (Wildman–Crippen MR) is 110 cm³/mol. The maximum absolute atomic E-state index is 12.9. The minimum absolute atomic E-state index is 0.288. The van der Waals surface area contributed by atoms with E-state index in [0.717, 1.165) is 18.8 Å². The maximum Gasteiger partial charge on any atom is 0.258 e. The van der Waals surface area contributed by atoms with E-state index >= 15 is 0 Å². The van der Waals surface area contributed by atoms with Crippen LogP contribution in [0.25, 0.3) is 0 Å². The van der Waals surface area contributed by atoms with Crippen LogP contribution in [0.2, 0.25) is 0 Å². The Bertz CT molecular complexity index is 907. The summed E-state index contributed by atoms with van der Waals surface area (Å²) in [6, 6.07) is 13.6. The molecular weight excluding hydrogens is 357 g/mol. The van der Waals surface area contributed by atoms with Crippen LogP contribution >= 0.6 is 0 Å². The van der Waals surface area contributed by atoms with Gasteiger partial charge in [-0.15, -0.1) is 0 Å². The quantitative estimate of drug-likeness (QED) is 0.634. The van der Waals surface area contributed by atoms with Crippen molar-refractivity contribution in [3.05, 3.63) is 72.3 Å². The number of halogens is 1. The predicted octanol–water partition coefficient (Wildman–Crippen LogP) is 4.46. The molecule has 28 heavy (non-hydrogen) atoms. The lowest BCUT2D eigenvalue weighted by Crippen LogP contribution is -2.21. The molecule has 0 saturated carbocycles. The number of amides is 1. The van der Waals surface area contributed by atoms with Crippen molar-refractivity contribution < 1.29 is 9.18 Å². The third-order valence-corrected chi connectivity index (χ3v) is 4.27. The molecular formula is C21H22FN5O. The average Bonchev–Trinajstić information content (AvgIpc) is 2.72. The molecule has 2 N–H and O–H groups in total. The van der Waals surface area contributed by atoms with Crippen molar-refractivity contribution in [3.8, 4) is 0 Å². The molecule has 1 amide bonds. The van der Waals surface area contributed by atoms with Crippen molar-refractivity contribution in [2.45, 2.75) is 13.8 Å². The van der Waals surface area contributed by atoms with E-state index in [4.69, 9.17) is 0 Å². The molecule has 144 valence electrons. The van der Waals surface area contributed by atoms with Gasteiger partial charge >= 0.3 is 0 Å². The number of rotatable bonds is 7. The number of carbonyl (C=O) groups excluding carboxylic acids is 1. The average molecular weight is 379 g/mol. The van der Waals surface area contributed by atoms with Gasteiger partial charge in [0.05, 0.1) is 5.56 Å². The number of aromatic nitrogens is 2. The maximum atomic E-state index is 12.9. The Balaban J connectivity index is 1.62. The van der Waals surface area contributed by atoms with Crippen LogP contribution in [-0.4, -0.2) is 29.0 Å². The second-order valence-electron chi connectivity index (χ2n) is 6.10. The first kappa shape index (κ1) is 19.3. The van der Waals surface area contributed by atoms with Gasteiger partial charge in [-0.05, 0) is 62.4 Å². The Labute approximate surface area is 163 Å². The third-order valence-electron chi connectivity index (χ3n) is 4.27. The molecule has 0 bridgehead atoms. The molecule has 0 saturated heterocycles. The van der Waals surface area contributed by atoms with Crippen LogP contribution < -0.4 is 15.5 Å². The van der Waals surface area contributed by atoms with Crippen molar-refractivity contribution in [2.24, 2.45) is 0 Å². The largest absolute Gasteiger partial charge is 0.372 e. The highest BCUT2D eigenvalue weighted by atomic mass is 19.1. The molecule has 0 aliphatic rings. The third kappa shape index (κ3) is 4.82. The highest BCUT2D eigenvalue weighted by molar-refractivity contribution is 6.04. The van der Waals surface area contributed by atoms with Gasteiger partial charge in [0.15, 0.2) is 0 Å². The number of carbonyl (C=O) groups is 1. The van der Waals surface area contributed by atoms with Gasteiger partial charge in [0.1, 0.15) is 5.82 Å². The van der Waals surface area contributed by atoms with Gasteiger partial charge in [0.2, 0.25) is 5.95 Å². The molecule has 3 aromatic rings. The van der Waals surface area contributed by atoms with Gasteiger partial charge in [0, 0.05) is 42.5 Å². The van der Waals surface area contributed by atoms with E-state index in [1.807, 2.05) is 24.3 Å². The van der Waals surface area contributed by atoms with Gasteiger partial charge in [-0.2, -0.15) is 0 Å². The molecule has 7 heteroatoms. The fourth-order valence-corrected chi connectivity index (χ4v) is 2.72. The van der Waals surface area contributed by atoms with Crippen molar-refractivity contribution in [1.29, 1.82) is 0 Å². The second-order valence-corrected chi connectivity index (χ2v) is 6.10. The molecule has 0 aliphatic carbocycles. The summed E-state index contributed by atoms with van der Waals surface area (Å²) in [6.07, 6.45) is 2.89. The molecule has 2 aromatic carbocycles. The van der Waals surface area contributed by atoms with Crippen molar-refractivity contribution in [2.75, 3.05) is 28.6 Å². The Morgan fingerprint density at radius 1 is 0.929 bits per heavy atom. The first-order chi connectivity index (χ1) is 13.6. The number of hydrogen-bond acceptors (Lipinski definition) is 5. The standard InChI is InChI=1S/C21H22FN5O/c1-3-27(4-2)19-11-9-17(10-12-19)25-20(28)15-13-23-21(24-14-15)26-18-7-5-16(22)6-8-18/h5-14H,3-4H2,1-2H3,(H,25,28)(H,23,24,26). The number of anilines is 4. The van der Waals surface area contributed by atoms with Crippen molar-refractivity contribution >= 4 is 28.9 Å². The molecule has 0 aliphatic heterocycles. The monoisotopic (exact) mass is 379 g/mol. The van der Waals surface area contributed by atoms with Gasteiger partial charge in [-0.1, -0.05) is 0 Å². The summed E-state index contributed by atoms with van der Waals surface area (Å²) in [5, 5.41) is 5.79. The first-order valence-electron chi connectivity index (χ1n) is 9.10. The fraction of sp³-hybridized carbons (Fsp3) is 0.190. The van der Waals surface area contributed by atoms with Crippen molar-refractivity contribution in [1.82, 2.24) is 9.97 Å². The van der Waals surface area contributed by atoms with Crippen molar-refractivity contribution in [3.63, 3.8) is 0 Å². The topological polar surface area (TPSA) is 70.2 Å². The van der Waals surface area contributed by atoms with E-state index < -0.39 is 0 Å². The van der Waals surface area contributed by atoms with Gasteiger partial charge in [-0.25, -0.2) is 14.4 Å². The van der Waals surface area contributed by atoms with Crippen LogP contribution in [0.1, 0.15) is 24.2 Å². The summed E-state index contributed by atoms with van der Waals surface area (Å²) in [5.74, 6) is -0.278. The zero-order valence-corrected chi connectivity index (χ0v) is 15.8. The van der Waals surface area contributed by atoms with Crippen LogP contribution in [0.4, 0.5) is 27.4 Å². The van der Waals surface area contributed by atoms with Crippen LogP contribution in [0, 0.1) is 5.82 Å². The number of benzene rings is 2. The number of nitrogens with zero attached hydrogens (tertiary/aromatic N) is 3. The van der Waals surface area contributed by atoms with E-state index in [1.165, 1.54) is 24.5 Å². The van der Waals surface area contributed by atoms with E-state index in [9.17, 15) is 9.18 Å². The lowest BCUT2D eigenvalue weighted by molar-refractivity contribution is 0.102. The zero-order valence-electron chi connectivity index (χ0n) is 15.8.